The van der Waals surface area contributed by atoms with Crippen molar-refractivity contribution in [1.82, 2.24) is 20.0 Å². The van der Waals surface area contributed by atoms with E-state index in [1.54, 1.807) is 47.1 Å². The third kappa shape index (κ3) is 4.92. The molecule has 2 aromatic heterocycles. The van der Waals surface area contributed by atoms with Gasteiger partial charge in [-0.25, -0.2) is 4.68 Å². The molecule has 1 N–H and O–H groups in total. The van der Waals surface area contributed by atoms with Crippen LogP contribution in [0.4, 0.5) is 5.69 Å². The summed E-state index contributed by atoms with van der Waals surface area (Å²) in [4.78, 5) is 12.1. The van der Waals surface area contributed by atoms with Crippen molar-refractivity contribution in [3.8, 4) is 23.2 Å². The molecule has 0 aliphatic heterocycles. The minimum absolute atomic E-state index is 0.0705. The Morgan fingerprint density at radius 3 is 2.28 bits per heavy atom. The number of para-hydroxylation sites is 1. The highest BCUT2D eigenvalue weighted by molar-refractivity contribution is 5.91. The van der Waals surface area contributed by atoms with Gasteiger partial charge < -0.3 is 14.8 Å². The van der Waals surface area contributed by atoms with Gasteiger partial charge in [0.05, 0.1) is 5.69 Å². The zero-order valence-electron chi connectivity index (χ0n) is 18.1. The maximum absolute atomic E-state index is 12.1. The molecule has 0 spiro atoms. The van der Waals surface area contributed by atoms with Gasteiger partial charge in [0.2, 0.25) is 5.88 Å². The van der Waals surface area contributed by atoms with Crippen LogP contribution in [0.2, 0.25) is 0 Å². The summed E-state index contributed by atoms with van der Waals surface area (Å²) in [5.74, 6) is 1.96. The molecule has 4 rings (SSSR count). The number of aromatic nitrogens is 4. The molecule has 32 heavy (non-hydrogen) atoms. The number of benzene rings is 2. The molecule has 0 saturated carbocycles. The van der Waals surface area contributed by atoms with Crippen LogP contribution in [0.15, 0.2) is 66.7 Å². The molecule has 4 aromatic rings. The molecule has 8 heteroatoms. The first-order chi connectivity index (χ1) is 15.5. The van der Waals surface area contributed by atoms with Gasteiger partial charge in [0, 0.05) is 17.4 Å². The number of amides is 1. The van der Waals surface area contributed by atoms with E-state index in [-0.39, 0.29) is 12.5 Å². The number of nitrogens with one attached hydrogen (secondary N) is 1. The first kappa shape index (κ1) is 21.0. The quantitative estimate of drug-likeness (QED) is 0.468. The van der Waals surface area contributed by atoms with Crippen LogP contribution >= 0.6 is 0 Å². The molecule has 0 aliphatic rings. The number of hydrogen-bond donors (Lipinski definition) is 1. The van der Waals surface area contributed by atoms with Crippen molar-refractivity contribution >= 4 is 11.6 Å². The standard InChI is InChI=1S/C24H23N5O3/c1-16-17(2)28-29(18(16)3)22-13-14-24(27-26-22)32-21-11-9-19(10-12-21)25-23(30)15-31-20-7-5-4-6-8-20/h4-14H,15H2,1-3H3,(H,25,30). The average Bonchev–Trinajstić information content (AvgIpc) is 3.07. The fourth-order valence-electron chi connectivity index (χ4n) is 3.01. The molecular formula is C24H23N5O3. The van der Waals surface area contributed by atoms with E-state index in [2.05, 4.69) is 20.6 Å². The molecule has 162 valence electrons. The molecule has 0 fully saturated rings. The summed E-state index contributed by atoms with van der Waals surface area (Å²) in [5.41, 5.74) is 3.76. The van der Waals surface area contributed by atoms with Gasteiger partial charge in [-0.1, -0.05) is 18.2 Å². The van der Waals surface area contributed by atoms with Gasteiger partial charge in [-0.3, -0.25) is 4.79 Å². The molecule has 0 aliphatic carbocycles. The number of nitrogens with zero attached hydrogens (tertiary/aromatic N) is 4. The predicted molar refractivity (Wildman–Crippen MR) is 120 cm³/mol. The normalized spacial score (nSPS) is 10.6. The maximum atomic E-state index is 12.1. The SMILES string of the molecule is Cc1nn(-c2ccc(Oc3ccc(NC(=O)COc4ccccc4)cc3)nn2)c(C)c1C. The highest BCUT2D eigenvalue weighted by Gasteiger charge is 2.11. The maximum Gasteiger partial charge on any atom is 0.262 e. The Morgan fingerprint density at radius 1 is 0.906 bits per heavy atom. The van der Waals surface area contributed by atoms with Gasteiger partial charge in [0.25, 0.3) is 5.91 Å². The molecule has 0 saturated heterocycles. The summed E-state index contributed by atoms with van der Waals surface area (Å²) >= 11 is 0. The van der Waals surface area contributed by atoms with Gasteiger partial charge in [-0.2, -0.15) is 5.10 Å². The van der Waals surface area contributed by atoms with Crippen LogP contribution in [-0.2, 0) is 4.79 Å². The fourth-order valence-corrected chi connectivity index (χ4v) is 3.01. The number of carbonyl (C=O) groups excluding carboxylic acids is 1. The zero-order valence-corrected chi connectivity index (χ0v) is 18.1. The van der Waals surface area contributed by atoms with Crippen molar-refractivity contribution in [3.63, 3.8) is 0 Å². The number of rotatable bonds is 7. The predicted octanol–water partition coefficient (Wildman–Crippen LogP) is 4.40. The molecule has 2 aromatic carbocycles. The number of aryl methyl sites for hydroxylation is 1. The van der Waals surface area contributed by atoms with Crippen LogP contribution in [0.25, 0.3) is 5.82 Å². The number of hydrogen-bond acceptors (Lipinski definition) is 6. The van der Waals surface area contributed by atoms with Crippen molar-refractivity contribution in [2.24, 2.45) is 0 Å². The Balaban J connectivity index is 1.33. The van der Waals surface area contributed by atoms with Crippen LogP contribution < -0.4 is 14.8 Å². The highest BCUT2D eigenvalue weighted by atomic mass is 16.5. The van der Waals surface area contributed by atoms with Gasteiger partial charge in [-0.05, 0) is 68.8 Å². The molecule has 8 nitrogen and oxygen atoms in total. The van der Waals surface area contributed by atoms with Crippen molar-refractivity contribution in [2.75, 3.05) is 11.9 Å². The minimum atomic E-state index is -0.247. The van der Waals surface area contributed by atoms with E-state index < -0.39 is 0 Å². The van der Waals surface area contributed by atoms with Crippen LogP contribution in [0.3, 0.4) is 0 Å². The van der Waals surface area contributed by atoms with E-state index in [1.807, 2.05) is 45.0 Å². The first-order valence-electron chi connectivity index (χ1n) is 10.1. The summed E-state index contributed by atoms with van der Waals surface area (Å²) in [6.45, 7) is 5.92. The highest BCUT2D eigenvalue weighted by Crippen LogP contribution is 2.22. The van der Waals surface area contributed by atoms with Crippen LogP contribution in [0.5, 0.6) is 17.4 Å². The van der Waals surface area contributed by atoms with Crippen molar-refractivity contribution in [1.29, 1.82) is 0 Å². The lowest BCUT2D eigenvalue weighted by Gasteiger charge is -2.09. The third-order valence-corrected chi connectivity index (χ3v) is 4.97. The summed E-state index contributed by atoms with van der Waals surface area (Å²) in [6.07, 6.45) is 0. The smallest absolute Gasteiger partial charge is 0.262 e. The van der Waals surface area contributed by atoms with Gasteiger partial charge in [0.1, 0.15) is 11.5 Å². The van der Waals surface area contributed by atoms with Crippen LogP contribution in [-0.4, -0.2) is 32.5 Å². The topological polar surface area (TPSA) is 91.2 Å². The summed E-state index contributed by atoms with van der Waals surface area (Å²) in [6, 6.07) is 19.7. The number of anilines is 1. The Bertz CT molecular complexity index is 1200. The summed E-state index contributed by atoms with van der Waals surface area (Å²) in [5, 5.41) is 15.6. The van der Waals surface area contributed by atoms with Crippen molar-refractivity contribution in [3.05, 3.63) is 83.7 Å². The Hall–Kier alpha value is -4.20. The molecule has 0 atom stereocenters. The Kier molecular flexibility index (Phi) is 6.12. The molecule has 0 unspecified atom stereocenters. The van der Waals surface area contributed by atoms with Crippen molar-refractivity contribution in [2.45, 2.75) is 20.8 Å². The van der Waals surface area contributed by atoms with Gasteiger partial charge in [0.15, 0.2) is 12.4 Å². The zero-order chi connectivity index (χ0) is 22.5. The van der Waals surface area contributed by atoms with E-state index >= 15 is 0 Å². The average molecular weight is 429 g/mol. The monoisotopic (exact) mass is 429 g/mol. The van der Waals surface area contributed by atoms with E-state index in [0.717, 1.165) is 17.0 Å². The van der Waals surface area contributed by atoms with E-state index in [9.17, 15) is 4.79 Å². The molecule has 2 heterocycles. The van der Waals surface area contributed by atoms with Gasteiger partial charge >= 0.3 is 0 Å². The van der Waals surface area contributed by atoms with E-state index in [0.29, 0.717) is 28.9 Å². The summed E-state index contributed by atoms with van der Waals surface area (Å²) < 4.78 is 13.0. The lowest BCUT2D eigenvalue weighted by Crippen LogP contribution is -2.20. The largest absolute Gasteiger partial charge is 0.484 e. The Morgan fingerprint density at radius 2 is 1.66 bits per heavy atom. The van der Waals surface area contributed by atoms with Gasteiger partial charge in [-0.15, -0.1) is 10.2 Å². The second-order valence-corrected chi connectivity index (χ2v) is 7.21. The molecular weight excluding hydrogens is 406 g/mol. The van der Waals surface area contributed by atoms with Crippen LogP contribution in [0.1, 0.15) is 17.0 Å². The lowest BCUT2D eigenvalue weighted by atomic mass is 10.2. The van der Waals surface area contributed by atoms with E-state index in [4.69, 9.17) is 9.47 Å². The molecule has 1 amide bonds. The van der Waals surface area contributed by atoms with Crippen molar-refractivity contribution < 1.29 is 14.3 Å². The van der Waals surface area contributed by atoms with E-state index in [1.165, 1.54) is 0 Å². The fraction of sp³-hybridized carbons (Fsp3) is 0.167. The Labute approximate surface area is 185 Å². The third-order valence-electron chi connectivity index (χ3n) is 4.97. The number of ether oxygens (including phenoxy) is 2. The second-order valence-electron chi connectivity index (χ2n) is 7.21. The molecule has 0 bridgehead atoms. The van der Waals surface area contributed by atoms with Crippen LogP contribution in [0, 0.1) is 20.8 Å². The second kappa shape index (κ2) is 9.30. The number of carbonyl (C=O) groups is 1. The lowest BCUT2D eigenvalue weighted by molar-refractivity contribution is -0.118. The molecule has 0 radical (unpaired) electrons. The first-order valence-corrected chi connectivity index (χ1v) is 10.1. The summed E-state index contributed by atoms with van der Waals surface area (Å²) in [7, 11) is 0. The minimum Gasteiger partial charge on any atom is -0.484 e.